The van der Waals surface area contributed by atoms with Gasteiger partial charge in [0.25, 0.3) is 10.0 Å². The zero-order chi connectivity index (χ0) is 14.0. The molecule has 5 nitrogen and oxygen atoms in total. The number of nitrogens with zero attached hydrogens (tertiary/aromatic N) is 1. The second-order valence-electron chi connectivity index (χ2n) is 4.19. The first-order valence-electron chi connectivity index (χ1n) is 5.64. The van der Waals surface area contributed by atoms with E-state index >= 15 is 0 Å². The van der Waals surface area contributed by atoms with Crippen LogP contribution in [0.5, 0.6) is 5.75 Å². The zero-order valence-corrected chi connectivity index (χ0v) is 11.4. The maximum atomic E-state index is 12.1. The first-order valence-corrected chi connectivity index (χ1v) is 7.13. The van der Waals surface area contributed by atoms with Crippen molar-refractivity contribution in [3.63, 3.8) is 0 Å². The van der Waals surface area contributed by atoms with E-state index in [1.807, 2.05) is 6.92 Å². The number of rotatable bonds is 3. The average Bonchev–Trinajstić information content (AvgIpc) is 2.33. The number of pyridine rings is 1. The van der Waals surface area contributed by atoms with Crippen LogP contribution in [0, 0.1) is 13.8 Å². The first-order chi connectivity index (χ1) is 8.88. The second-order valence-corrected chi connectivity index (χ2v) is 5.87. The normalized spacial score (nSPS) is 11.3. The Kier molecular flexibility index (Phi) is 3.44. The smallest absolute Gasteiger partial charge is 0.262 e. The molecule has 0 fully saturated rings. The summed E-state index contributed by atoms with van der Waals surface area (Å²) in [4.78, 5) is 4.20. The molecule has 0 aliphatic rings. The van der Waals surface area contributed by atoms with Gasteiger partial charge in [0, 0.05) is 11.8 Å². The number of hydrogen-bond acceptors (Lipinski definition) is 4. The Hall–Kier alpha value is -2.08. The van der Waals surface area contributed by atoms with Gasteiger partial charge in [-0.15, -0.1) is 0 Å². The number of benzene rings is 1. The molecule has 2 N–H and O–H groups in total. The molecule has 1 aromatic carbocycles. The molecule has 19 heavy (non-hydrogen) atoms. The van der Waals surface area contributed by atoms with Crippen molar-refractivity contribution in [2.75, 3.05) is 4.72 Å². The molecule has 2 rings (SSSR count). The molecular weight excluding hydrogens is 264 g/mol. The van der Waals surface area contributed by atoms with Gasteiger partial charge in [0.2, 0.25) is 0 Å². The molecule has 0 unspecified atom stereocenters. The number of hydrogen-bond donors (Lipinski definition) is 2. The molecule has 0 saturated heterocycles. The average molecular weight is 278 g/mol. The lowest BCUT2D eigenvalue weighted by Crippen LogP contribution is -2.14. The molecule has 0 spiro atoms. The quantitative estimate of drug-likeness (QED) is 0.902. The number of phenolic OH excluding ortho intramolecular Hbond substituents is 1. The molecule has 0 bridgehead atoms. The highest BCUT2D eigenvalue weighted by molar-refractivity contribution is 7.92. The highest BCUT2D eigenvalue weighted by Gasteiger charge is 2.16. The topological polar surface area (TPSA) is 79.3 Å². The van der Waals surface area contributed by atoms with Crippen LogP contribution in [-0.4, -0.2) is 18.5 Å². The van der Waals surface area contributed by atoms with Gasteiger partial charge >= 0.3 is 0 Å². The van der Waals surface area contributed by atoms with Crippen LogP contribution in [0.15, 0.2) is 41.3 Å². The van der Waals surface area contributed by atoms with Gasteiger partial charge in [0.15, 0.2) is 0 Å². The van der Waals surface area contributed by atoms with Crippen LogP contribution < -0.4 is 4.72 Å². The Balaban J connectivity index is 2.36. The molecule has 0 aliphatic carbocycles. The summed E-state index contributed by atoms with van der Waals surface area (Å²) in [6, 6.07) is 8.89. The number of aromatic hydroxyl groups is 1. The zero-order valence-electron chi connectivity index (χ0n) is 10.6. The SMILES string of the molecule is Cc1ccc(NS(=O)(=O)c2cccc(O)c2)c(C)n1. The molecule has 100 valence electrons. The fourth-order valence-electron chi connectivity index (χ4n) is 1.65. The summed E-state index contributed by atoms with van der Waals surface area (Å²) in [5, 5.41) is 9.33. The molecular formula is C13H14N2O3S. The molecule has 2 aromatic rings. The third-order valence-electron chi connectivity index (χ3n) is 2.60. The van der Waals surface area contributed by atoms with Crippen molar-refractivity contribution < 1.29 is 13.5 Å². The Bertz CT molecular complexity index is 712. The molecule has 0 aliphatic heterocycles. The molecule has 1 aromatic heterocycles. The van der Waals surface area contributed by atoms with Crippen molar-refractivity contribution in [1.82, 2.24) is 4.98 Å². The fourth-order valence-corrected chi connectivity index (χ4v) is 2.81. The van der Waals surface area contributed by atoms with E-state index in [2.05, 4.69) is 9.71 Å². The van der Waals surface area contributed by atoms with E-state index in [9.17, 15) is 13.5 Å². The van der Waals surface area contributed by atoms with Crippen LogP contribution in [0.3, 0.4) is 0 Å². The maximum Gasteiger partial charge on any atom is 0.262 e. The van der Waals surface area contributed by atoms with Gasteiger partial charge in [0.05, 0.1) is 16.3 Å². The molecule has 1 heterocycles. The van der Waals surface area contributed by atoms with Gasteiger partial charge < -0.3 is 5.11 Å². The van der Waals surface area contributed by atoms with Crippen molar-refractivity contribution in [3.05, 3.63) is 47.8 Å². The highest BCUT2D eigenvalue weighted by Crippen LogP contribution is 2.21. The molecule has 0 atom stereocenters. The lowest BCUT2D eigenvalue weighted by atomic mass is 10.3. The number of nitrogens with one attached hydrogen (secondary N) is 1. The lowest BCUT2D eigenvalue weighted by molar-refractivity contribution is 0.473. The Morgan fingerprint density at radius 3 is 2.53 bits per heavy atom. The van der Waals surface area contributed by atoms with Crippen molar-refractivity contribution in [3.8, 4) is 5.75 Å². The molecule has 0 radical (unpaired) electrons. The van der Waals surface area contributed by atoms with Gasteiger partial charge in [-0.25, -0.2) is 8.42 Å². The van der Waals surface area contributed by atoms with Crippen LogP contribution in [0.25, 0.3) is 0 Å². The lowest BCUT2D eigenvalue weighted by Gasteiger charge is -2.10. The predicted octanol–water partition coefficient (Wildman–Crippen LogP) is 2.20. The Labute approximate surface area is 112 Å². The monoisotopic (exact) mass is 278 g/mol. The minimum absolute atomic E-state index is 0.00692. The van der Waals surface area contributed by atoms with Gasteiger partial charge in [-0.05, 0) is 38.1 Å². The molecule has 0 amide bonds. The predicted molar refractivity (Wildman–Crippen MR) is 72.6 cm³/mol. The minimum atomic E-state index is -3.72. The number of aromatic nitrogens is 1. The Morgan fingerprint density at radius 2 is 1.89 bits per heavy atom. The van der Waals surface area contributed by atoms with E-state index in [-0.39, 0.29) is 10.6 Å². The van der Waals surface area contributed by atoms with E-state index in [4.69, 9.17) is 0 Å². The Morgan fingerprint density at radius 1 is 1.16 bits per heavy atom. The van der Waals surface area contributed by atoms with Gasteiger partial charge in [0.1, 0.15) is 5.75 Å². The highest BCUT2D eigenvalue weighted by atomic mass is 32.2. The van der Waals surface area contributed by atoms with Crippen LogP contribution >= 0.6 is 0 Å². The fraction of sp³-hybridized carbons (Fsp3) is 0.154. The van der Waals surface area contributed by atoms with E-state index in [1.54, 1.807) is 19.1 Å². The van der Waals surface area contributed by atoms with Crippen molar-refractivity contribution in [2.24, 2.45) is 0 Å². The summed E-state index contributed by atoms with van der Waals surface area (Å²) in [5.74, 6) is -0.0957. The van der Waals surface area contributed by atoms with Crippen molar-refractivity contribution in [2.45, 2.75) is 18.7 Å². The summed E-state index contributed by atoms with van der Waals surface area (Å²) in [7, 11) is -3.72. The van der Waals surface area contributed by atoms with Crippen LogP contribution in [0.1, 0.15) is 11.4 Å². The van der Waals surface area contributed by atoms with Crippen LogP contribution in [0.4, 0.5) is 5.69 Å². The maximum absolute atomic E-state index is 12.1. The first kappa shape index (κ1) is 13.4. The molecule has 0 saturated carbocycles. The van der Waals surface area contributed by atoms with Gasteiger partial charge in [-0.3, -0.25) is 9.71 Å². The summed E-state index contributed by atoms with van der Waals surface area (Å²) >= 11 is 0. The standard InChI is InChI=1S/C13H14N2O3S/c1-9-6-7-13(10(2)14-9)15-19(17,18)12-5-3-4-11(16)8-12/h3-8,15-16H,1-2H3. The largest absolute Gasteiger partial charge is 0.508 e. The van der Waals surface area contributed by atoms with E-state index in [1.165, 1.54) is 24.3 Å². The third kappa shape index (κ3) is 3.03. The number of sulfonamides is 1. The van der Waals surface area contributed by atoms with E-state index in [0.717, 1.165) is 5.69 Å². The number of aryl methyl sites for hydroxylation is 2. The van der Waals surface area contributed by atoms with E-state index < -0.39 is 10.0 Å². The van der Waals surface area contributed by atoms with Gasteiger partial charge in [-0.2, -0.15) is 0 Å². The van der Waals surface area contributed by atoms with Crippen LogP contribution in [-0.2, 0) is 10.0 Å². The third-order valence-corrected chi connectivity index (χ3v) is 3.96. The van der Waals surface area contributed by atoms with E-state index in [0.29, 0.717) is 11.4 Å². The van der Waals surface area contributed by atoms with Crippen LogP contribution in [0.2, 0.25) is 0 Å². The summed E-state index contributed by atoms with van der Waals surface area (Å²) in [6.07, 6.45) is 0. The number of phenols is 1. The summed E-state index contributed by atoms with van der Waals surface area (Å²) in [5.41, 5.74) is 1.84. The van der Waals surface area contributed by atoms with Gasteiger partial charge in [-0.1, -0.05) is 6.07 Å². The second kappa shape index (κ2) is 4.89. The minimum Gasteiger partial charge on any atom is -0.508 e. The van der Waals surface area contributed by atoms with Crippen molar-refractivity contribution >= 4 is 15.7 Å². The number of anilines is 1. The van der Waals surface area contributed by atoms with Crippen molar-refractivity contribution in [1.29, 1.82) is 0 Å². The summed E-state index contributed by atoms with van der Waals surface area (Å²) in [6.45, 7) is 3.56. The molecule has 6 heteroatoms. The summed E-state index contributed by atoms with van der Waals surface area (Å²) < 4.78 is 26.7.